The van der Waals surface area contributed by atoms with Crippen LogP contribution < -0.4 is 5.32 Å². The fourth-order valence-electron chi connectivity index (χ4n) is 1.22. The van der Waals surface area contributed by atoms with Crippen molar-refractivity contribution < 1.29 is 4.92 Å². The van der Waals surface area contributed by atoms with Crippen LogP contribution in [0.5, 0.6) is 0 Å². The maximum Gasteiger partial charge on any atom is 0.311 e. The Morgan fingerprint density at radius 2 is 1.89 bits per heavy atom. The van der Waals surface area contributed by atoms with E-state index >= 15 is 0 Å². The maximum absolute atomic E-state index is 10.9. The molecule has 8 heteroatoms. The number of nitriles is 3. The van der Waals surface area contributed by atoms with Gasteiger partial charge in [-0.2, -0.15) is 15.8 Å². The lowest BCUT2D eigenvalue weighted by Crippen LogP contribution is -2.03. The predicted octanol–water partition coefficient (Wildman–Crippen LogP) is 2.48. The van der Waals surface area contributed by atoms with Crippen molar-refractivity contribution in [2.75, 3.05) is 5.32 Å². The van der Waals surface area contributed by atoms with Crippen LogP contribution in [-0.4, -0.2) is 4.92 Å². The summed E-state index contributed by atoms with van der Waals surface area (Å²) >= 11 is 5.69. The molecule has 0 saturated carbocycles. The minimum Gasteiger partial charge on any atom is -0.339 e. The minimum atomic E-state index is -0.724. The molecule has 92 valence electrons. The SMILES string of the molecule is N#CC(C#N)=C(C#N)Nc1cccc(Cl)c1[N+](=O)[O-]. The summed E-state index contributed by atoms with van der Waals surface area (Å²) in [6.07, 6.45) is 0. The van der Waals surface area contributed by atoms with Gasteiger partial charge in [-0.3, -0.25) is 10.1 Å². The van der Waals surface area contributed by atoms with Crippen molar-refractivity contribution in [1.82, 2.24) is 0 Å². The summed E-state index contributed by atoms with van der Waals surface area (Å²) in [7, 11) is 0. The standard InChI is InChI=1S/C11H4ClN5O2/c12-8-2-1-3-9(11(8)17(18)19)16-10(6-15)7(4-13)5-14/h1-3,16H. The van der Waals surface area contributed by atoms with E-state index in [4.69, 9.17) is 27.4 Å². The highest BCUT2D eigenvalue weighted by molar-refractivity contribution is 6.33. The molecule has 1 aromatic carbocycles. The van der Waals surface area contributed by atoms with Crippen LogP contribution >= 0.6 is 11.6 Å². The summed E-state index contributed by atoms with van der Waals surface area (Å²) < 4.78 is 0. The molecule has 1 aromatic rings. The van der Waals surface area contributed by atoms with Gasteiger partial charge in [0.2, 0.25) is 0 Å². The summed E-state index contributed by atoms with van der Waals surface area (Å²) in [5.41, 5.74) is -1.36. The molecule has 0 radical (unpaired) electrons. The van der Waals surface area contributed by atoms with E-state index in [-0.39, 0.29) is 16.4 Å². The van der Waals surface area contributed by atoms with Crippen LogP contribution in [0.3, 0.4) is 0 Å². The van der Waals surface area contributed by atoms with E-state index in [0.29, 0.717) is 0 Å². The number of nitro groups is 1. The first-order chi connectivity index (χ1) is 9.04. The normalized spacial score (nSPS) is 8.53. The van der Waals surface area contributed by atoms with Gasteiger partial charge < -0.3 is 5.32 Å². The van der Waals surface area contributed by atoms with Crippen LogP contribution in [-0.2, 0) is 0 Å². The summed E-state index contributed by atoms with van der Waals surface area (Å²) in [6.45, 7) is 0. The van der Waals surface area contributed by atoms with E-state index in [1.165, 1.54) is 30.3 Å². The quantitative estimate of drug-likeness (QED) is 0.512. The van der Waals surface area contributed by atoms with Crippen LogP contribution in [0.15, 0.2) is 29.5 Å². The van der Waals surface area contributed by atoms with E-state index < -0.39 is 16.2 Å². The number of hydrogen-bond donors (Lipinski definition) is 1. The molecule has 0 amide bonds. The van der Waals surface area contributed by atoms with Crippen LogP contribution in [0.1, 0.15) is 0 Å². The van der Waals surface area contributed by atoms with Crippen molar-refractivity contribution in [2.24, 2.45) is 0 Å². The molecule has 0 atom stereocenters. The zero-order valence-corrected chi connectivity index (χ0v) is 9.97. The van der Waals surface area contributed by atoms with Crippen molar-refractivity contribution in [3.63, 3.8) is 0 Å². The molecular formula is C11H4ClN5O2. The predicted molar refractivity (Wildman–Crippen MR) is 65.6 cm³/mol. The highest BCUT2D eigenvalue weighted by Gasteiger charge is 2.20. The molecule has 1 N–H and O–H groups in total. The van der Waals surface area contributed by atoms with Crippen LogP contribution in [0.2, 0.25) is 5.02 Å². The summed E-state index contributed by atoms with van der Waals surface area (Å²) in [4.78, 5) is 10.1. The van der Waals surface area contributed by atoms with Gasteiger partial charge in [-0.25, -0.2) is 0 Å². The zero-order chi connectivity index (χ0) is 14.4. The zero-order valence-electron chi connectivity index (χ0n) is 9.22. The number of nitro benzene ring substituents is 1. The number of para-hydroxylation sites is 1. The fraction of sp³-hybridized carbons (Fsp3) is 0. The van der Waals surface area contributed by atoms with Gasteiger partial charge >= 0.3 is 5.69 Å². The van der Waals surface area contributed by atoms with Gasteiger partial charge in [-0.1, -0.05) is 17.7 Å². The van der Waals surface area contributed by atoms with Gasteiger partial charge in [0.05, 0.1) is 4.92 Å². The Labute approximate surface area is 112 Å². The Morgan fingerprint density at radius 3 is 2.37 bits per heavy atom. The summed E-state index contributed by atoms with van der Waals surface area (Å²) in [5, 5.41) is 39.3. The number of hydrogen-bond acceptors (Lipinski definition) is 6. The second kappa shape index (κ2) is 6.02. The lowest BCUT2D eigenvalue weighted by molar-refractivity contribution is -0.383. The Kier molecular flexibility index (Phi) is 4.43. The number of anilines is 1. The van der Waals surface area contributed by atoms with Gasteiger partial charge in [0.25, 0.3) is 0 Å². The molecule has 0 heterocycles. The van der Waals surface area contributed by atoms with Crippen LogP contribution in [0.25, 0.3) is 0 Å². The second-order valence-electron chi connectivity index (χ2n) is 3.10. The van der Waals surface area contributed by atoms with E-state index in [1.807, 2.05) is 0 Å². The average Bonchev–Trinajstić information content (AvgIpc) is 2.38. The van der Waals surface area contributed by atoms with Crippen molar-refractivity contribution in [3.8, 4) is 18.2 Å². The van der Waals surface area contributed by atoms with Gasteiger partial charge in [0.15, 0.2) is 5.57 Å². The highest BCUT2D eigenvalue weighted by atomic mass is 35.5. The number of benzene rings is 1. The average molecular weight is 274 g/mol. The number of rotatable bonds is 3. The van der Waals surface area contributed by atoms with E-state index in [9.17, 15) is 10.1 Å². The first kappa shape index (κ1) is 14.0. The van der Waals surface area contributed by atoms with Gasteiger partial charge in [-0.15, -0.1) is 0 Å². The Hall–Kier alpha value is -3.08. The lowest BCUT2D eigenvalue weighted by atomic mass is 10.2. The van der Waals surface area contributed by atoms with E-state index in [0.717, 1.165) is 0 Å². The molecule has 0 aliphatic carbocycles. The Bertz CT molecular complexity index is 675. The fourth-order valence-corrected chi connectivity index (χ4v) is 1.46. The first-order valence-electron chi connectivity index (χ1n) is 4.69. The van der Waals surface area contributed by atoms with Crippen molar-refractivity contribution in [3.05, 3.63) is 44.6 Å². The lowest BCUT2D eigenvalue weighted by Gasteiger charge is -2.06. The van der Waals surface area contributed by atoms with Crippen molar-refractivity contribution in [2.45, 2.75) is 0 Å². The largest absolute Gasteiger partial charge is 0.339 e. The second-order valence-corrected chi connectivity index (χ2v) is 3.51. The highest BCUT2D eigenvalue weighted by Crippen LogP contribution is 2.33. The maximum atomic E-state index is 10.9. The topological polar surface area (TPSA) is 127 Å². The number of allylic oxidation sites excluding steroid dienone is 2. The van der Waals surface area contributed by atoms with Crippen molar-refractivity contribution >= 4 is 23.0 Å². The molecule has 0 saturated heterocycles. The van der Waals surface area contributed by atoms with Crippen LogP contribution in [0.4, 0.5) is 11.4 Å². The monoisotopic (exact) mass is 273 g/mol. The van der Waals surface area contributed by atoms with Crippen LogP contribution in [0, 0.1) is 44.1 Å². The summed E-state index contributed by atoms with van der Waals surface area (Å²) in [6, 6.07) is 8.69. The molecule has 0 spiro atoms. The van der Waals surface area contributed by atoms with Gasteiger partial charge in [0, 0.05) is 0 Å². The van der Waals surface area contributed by atoms with Gasteiger partial charge in [-0.05, 0) is 12.1 Å². The molecule has 0 aliphatic rings. The smallest absolute Gasteiger partial charge is 0.311 e. The van der Waals surface area contributed by atoms with Crippen molar-refractivity contribution in [1.29, 1.82) is 15.8 Å². The molecule has 0 unspecified atom stereocenters. The number of nitrogens with one attached hydrogen (secondary N) is 1. The molecular weight excluding hydrogens is 270 g/mol. The molecule has 0 bridgehead atoms. The Balaban J connectivity index is 3.37. The Morgan fingerprint density at radius 1 is 1.26 bits per heavy atom. The van der Waals surface area contributed by atoms with E-state index in [2.05, 4.69) is 5.32 Å². The number of halogens is 1. The third kappa shape index (κ3) is 2.98. The molecule has 0 fully saturated rings. The third-order valence-corrected chi connectivity index (χ3v) is 2.32. The number of nitrogens with zero attached hydrogens (tertiary/aromatic N) is 4. The third-order valence-electron chi connectivity index (χ3n) is 2.01. The molecule has 0 aliphatic heterocycles. The molecule has 19 heavy (non-hydrogen) atoms. The first-order valence-corrected chi connectivity index (χ1v) is 5.07. The summed E-state index contributed by atoms with van der Waals surface area (Å²) in [5.74, 6) is 0. The molecule has 0 aromatic heterocycles. The van der Waals surface area contributed by atoms with Gasteiger partial charge in [0.1, 0.15) is 34.6 Å². The minimum absolute atomic E-state index is 0.0722. The molecule has 7 nitrogen and oxygen atoms in total. The van der Waals surface area contributed by atoms with E-state index in [1.54, 1.807) is 6.07 Å². The molecule has 1 rings (SSSR count).